The molecule has 0 saturated heterocycles. The summed E-state index contributed by atoms with van der Waals surface area (Å²) >= 11 is 0. The second-order valence-electron chi connectivity index (χ2n) is 6.18. The minimum absolute atomic E-state index is 0.0445. The molecule has 0 amide bonds. The molecule has 0 aliphatic heterocycles. The molecule has 1 aliphatic carbocycles. The van der Waals surface area contributed by atoms with Crippen molar-refractivity contribution in [1.82, 2.24) is 10.1 Å². The molecule has 0 radical (unpaired) electrons. The molecule has 1 heterocycles. The van der Waals surface area contributed by atoms with Gasteiger partial charge in [-0.1, -0.05) is 44.7 Å². The largest absolute Gasteiger partial charge is 0.370 e. The van der Waals surface area contributed by atoms with Gasteiger partial charge in [0, 0.05) is 6.61 Å². The van der Waals surface area contributed by atoms with E-state index in [1.807, 2.05) is 6.92 Å². The first-order valence-electron chi connectivity index (χ1n) is 8.38. The molecule has 1 aromatic rings. The lowest BCUT2D eigenvalue weighted by Gasteiger charge is -2.27. The fourth-order valence-corrected chi connectivity index (χ4v) is 3.03. The summed E-state index contributed by atoms with van der Waals surface area (Å²) in [7, 11) is 0. The lowest BCUT2D eigenvalue weighted by atomic mass is 9.85. The van der Waals surface area contributed by atoms with Crippen molar-refractivity contribution >= 4 is 0 Å². The van der Waals surface area contributed by atoms with E-state index in [1.165, 1.54) is 32.1 Å². The van der Waals surface area contributed by atoms with Gasteiger partial charge in [-0.15, -0.1) is 0 Å². The van der Waals surface area contributed by atoms with Gasteiger partial charge >= 0.3 is 0 Å². The van der Waals surface area contributed by atoms with E-state index >= 15 is 0 Å². The van der Waals surface area contributed by atoms with Crippen molar-refractivity contribution in [3.63, 3.8) is 0 Å². The van der Waals surface area contributed by atoms with Crippen molar-refractivity contribution in [2.75, 3.05) is 6.61 Å². The fourth-order valence-electron chi connectivity index (χ4n) is 3.03. The highest BCUT2D eigenvalue weighted by atomic mass is 16.5. The van der Waals surface area contributed by atoms with Crippen LogP contribution in [0.2, 0.25) is 0 Å². The molecule has 3 atom stereocenters. The number of nitrogens with two attached hydrogens (primary N) is 1. The van der Waals surface area contributed by atoms with Gasteiger partial charge in [-0.2, -0.15) is 4.98 Å². The van der Waals surface area contributed by atoms with Gasteiger partial charge in [0.15, 0.2) is 0 Å². The summed E-state index contributed by atoms with van der Waals surface area (Å²) in [6.45, 7) is 6.91. The Morgan fingerprint density at radius 3 is 2.62 bits per heavy atom. The zero-order valence-electron chi connectivity index (χ0n) is 13.5. The summed E-state index contributed by atoms with van der Waals surface area (Å²) in [4.78, 5) is 4.55. The number of hydrogen-bond donors (Lipinski definition) is 1. The zero-order valence-corrected chi connectivity index (χ0v) is 13.5. The number of aromatic nitrogens is 2. The Bertz CT molecular complexity index is 415. The van der Waals surface area contributed by atoms with Crippen LogP contribution in [0, 0.1) is 11.8 Å². The fraction of sp³-hybridized carbons (Fsp3) is 0.875. The van der Waals surface area contributed by atoms with Crippen LogP contribution >= 0.6 is 0 Å². The molecular formula is C16H29N3O2. The SMILES string of the molecule is CCOC(c1noc(C(N)C(C)CC)n1)C1CCCCC1. The van der Waals surface area contributed by atoms with Crippen LogP contribution in [-0.4, -0.2) is 16.7 Å². The summed E-state index contributed by atoms with van der Waals surface area (Å²) in [6, 6.07) is -0.190. The first-order chi connectivity index (χ1) is 10.2. The van der Waals surface area contributed by atoms with E-state index in [4.69, 9.17) is 15.0 Å². The molecule has 1 aliphatic rings. The van der Waals surface area contributed by atoms with E-state index in [2.05, 4.69) is 24.0 Å². The van der Waals surface area contributed by atoms with Gasteiger partial charge in [-0.25, -0.2) is 0 Å². The molecule has 0 spiro atoms. The van der Waals surface area contributed by atoms with Crippen molar-refractivity contribution in [3.8, 4) is 0 Å². The Balaban J connectivity index is 2.11. The standard InChI is InChI=1S/C16H29N3O2/c1-4-11(3)13(17)16-18-15(19-21-16)14(20-5-2)12-9-7-6-8-10-12/h11-14H,4-10,17H2,1-3H3. The van der Waals surface area contributed by atoms with Gasteiger partial charge in [-0.3, -0.25) is 0 Å². The summed E-state index contributed by atoms with van der Waals surface area (Å²) < 4.78 is 11.3. The third-order valence-corrected chi connectivity index (χ3v) is 4.68. The van der Waals surface area contributed by atoms with Crippen LogP contribution in [0.15, 0.2) is 4.52 Å². The van der Waals surface area contributed by atoms with E-state index in [9.17, 15) is 0 Å². The maximum absolute atomic E-state index is 6.18. The maximum atomic E-state index is 6.18. The lowest BCUT2D eigenvalue weighted by Crippen LogP contribution is -2.21. The Kier molecular flexibility index (Phi) is 6.18. The van der Waals surface area contributed by atoms with Crippen LogP contribution < -0.4 is 5.73 Å². The second kappa shape index (κ2) is 7.90. The normalized spacial score (nSPS) is 21.1. The molecule has 5 heteroatoms. The van der Waals surface area contributed by atoms with Crippen molar-refractivity contribution in [2.45, 2.75) is 71.4 Å². The quantitative estimate of drug-likeness (QED) is 0.828. The number of ether oxygens (including phenoxy) is 1. The predicted octanol–water partition coefficient (Wildman–Crippen LogP) is 3.77. The molecule has 21 heavy (non-hydrogen) atoms. The molecule has 120 valence electrons. The predicted molar refractivity (Wildman–Crippen MR) is 81.6 cm³/mol. The van der Waals surface area contributed by atoms with Crippen LogP contribution in [-0.2, 0) is 4.74 Å². The Labute approximate surface area is 127 Å². The number of nitrogens with zero attached hydrogens (tertiary/aromatic N) is 2. The summed E-state index contributed by atoms with van der Waals surface area (Å²) in [5.74, 6) is 2.06. The van der Waals surface area contributed by atoms with Gasteiger partial charge < -0.3 is 15.0 Å². The molecule has 0 bridgehead atoms. The van der Waals surface area contributed by atoms with Crippen LogP contribution in [0.25, 0.3) is 0 Å². The zero-order chi connectivity index (χ0) is 15.2. The minimum atomic E-state index is -0.190. The molecule has 1 saturated carbocycles. The maximum Gasteiger partial charge on any atom is 0.243 e. The van der Waals surface area contributed by atoms with Gasteiger partial charge in [0.25, 0.3) is 0 Å². The minimum Gasteiger partial charge on any atom is -0.370 e. The van der Waals surface area contributed by atoms with Crippen molar-refractivity contribution in [3.05, 3.63) is 11.7 Å². The van der Waals surface area contributed by atoms with Gasteiger partial charge in [-0.05, 0) is 31.6 Å². The van der Waals surface area contributed by atoms with Gasteiger partial charge in [0.1, 0.15) is 6.10 Å². The molecule has 2 N–H and O–H groups in total. The number of rotatable bonds is 7. The van der Waals surface area contributed by atoms with E-state index in [-0.39, 0.29) is 12.1 Å². The molecule has 5 nitrogen and oxygen atoms in total. The van der Waals surface area contributed by atoms with Crippen LogP contribution in [0.1, 0.15) is 83.2 Å². The first kappa shape index (κ1) is 16.4. The van der Waals surface area contributed by atoms with E-state index < -0.39 is 0 Å². The summed E-state index contributed by atoms with van der Waals surface area (Å²) in [5, 5.41) is 4.16. The third-order valence-electron chi connectivity index (χ3n) is 4.68. The van der Waals surface area contributed by atoms with Crippen LogP contribution in [0.4, 0.5) is 0 Å². The average molecular weight is 295 g/mol. The highest BCUT2D eigenvalue weighted by molar-refractivity contribution is 4.98. The Morgan fingerprint density at radius 1 is 1.29 bits per heavy atom. The topological polar surface area (TPSA) is 74.2 Å². The molecule has 0 aromatic carbocycles. The highest BCUT2D eigenvalue weighted by Gasteiger charge is 2.30. The van der Waals surface area contributed by atoms with E-state index in [0.717, 1.165) is 6.42 Å². The van der Waals surface area contributed by atoms with E-state index in [0.29, 0.717) is 30.2 Å². The molecular weight excluding hydrogens is 266 g/mol. The smallest absolute Gasteiger partial charge is 0.243 e. The van der Waals surface area contributed by atoms with Crippen molar-refractivity contribution in [2.24, 2.45) is 17.6 Å². The van der Waals surface area contributed by atoms with Crippen LogP contribution in [0.5, 0.6) is 0 Å². The molecule has 1 aromatic heterocycles. The summed E-state index contributed by atoms with van der Waals surface area (Å²) in [6.07, 6.45) is 7.19. The van der Waals surface area contributed by atoms with Crippen molar-refractivity contribution < 1.29 is 9.26 Å². The number of hydrogen-bond acceptors (Lipinski definition) is 5. The first-order valence-corrected chi connectivity index (χ1v) is 8.38. The van der Waals surface area contributed by atoms with Gasteiger partial charge in [0.05, 0.1) is 6.04 Å². The molecule has 1 fully saturated rings. The van der Waals surface area contributed by atoms with Crippen LogP contribution in [0.3, 0.4) is 0 Å². The van der Waals surface area contributed by atoms with Gasteiger partial charge in [0.2, 0.25) is 11.7 Å². The third kappa shape index (κ3) is 4.04. The Hall–Kier alpha value is -0.940. The second-order valence-corrected chi connectivity index (χ2v) is 6.18. The highest BCUT2D eigenvalue weighted by Crippen LogP contribution is 2.36. The molecule has 2 rings (SSSR count). The van der Waals surface area contributed by atoms with Crippen molar-refractivity contribution in [1.29, 1.82) is 0 Å². The average Bonchev–Trinajstić information content (AvgIpc) is 3.01. The van der Waals surface area contributed by atoms with E-state index in [1.54, 1.807) is 0 Å². The molecule has 3 unspecified atom stereocenters. The summed E-state index contributed by atoms with van der Waals surface area (Å²) in [5.41, 5.74) is 6.18. The monoisotopic (exact) mass is 295 g/mol. The Morgan fingerprint density at radius 2 is 2.00 bits per heavy atom. The lowest BCUT2D eigenvalue weighted by molar-refractivity contribution is -0.00145.